The van der Waals surface area contributed by atoms with Gasteiger partial charge in [-0.2, -0.15) is 0 Å². The summed E-state index contributed by atoms with van der Waals surface area (Å²) in [5, 5.41) is 3.84. The number of hydrogen-bond acceptors (Lipinski definition) is 2. The maximum Gasteiger partial charge on any atom is 0.0253 e. The van der Waals surface area contributed by atoms with Crippen LogP contribution in [0.2, 0.25) is 0 Å². The normalized spacial score (nSPS) is 37.8. The third-order valence-corrected chi connectivity index (χ3v) is 5.06. The van der Waals surface area contributed by atoms with Crippen molar-refractivity contribution in [2.45, 2.75) is 83.8 Å². The van der Waals surface area contributed by atoms with Crippen LogP contribution >= 0.6 is 0 Å². The first-order valence-corrected chi connectivity index (χ1v) is 8.30. The molecule has 0 spiro atoms. The summed E-state index contributed by atoms with van der Waals surface area (Å²) in [6.07, 6.45) is 11.5. The molecule has 2 aliphatic rings. The van der Waals surface area contributed by atoms with Crippen molar-refractivity contribution in [1.29, 1.82) is 0 Å². The van der Waals surface area contributed by atoms with Crippen molar-refractivity contribution in [2.75, 3.05) is 0 Å². The van der Waals surface area contributed by atoms with Crippen molar-refractivity contribution in [1.82, 2.24) is 5.32 Å². The van der Waals surface area contributed by atoms with Crippen LogP contribution in [0.5, 0.6) is 0 Å². The fourth-order valence-corrected chi connectivity index (χ4v) is 3.92. The quantitative estimate of drug-likeness (QED) is 0.761. The highest BCUT2D eigenvalue weighted by atomic mass is 15.0. The van der Waals surface area contributed by atoms with Crippen LogP contribution in [0.4, 0.5) is 0 Å². The fraction of sp³-hybridized carbons (Fsp3) is 0.882. The van der Waals surface area contributed by atoms with Gasteiger partial charge in [0.25, 0.3) is 0 Å². The Morgan fingerprint density at radius 1 is 1.37 bits per heavy atom. The molecule has 2 heteroatoms. The molecule has 0 aromatic rings. The monoisotopic (exact) mass is 264 g/mol. The SMILES string of the molecule is CCC1CC(C(C)NC2CCCC(N)C2)=CC(C)C1. The maximum atomic E-state index is 6.09. The standard InChI is InChI=1S/C17H32N2/c1-4-14-8-12(2)9-15(10-14)13(3)19-17-7-5-6-16(18)11-17/h9,12-14,16-17,19H,4-8,10-11,18H2,1-3H3. The molecule has 2 aliphatic carbocycles. The third-order valence-electron chi connectivity index (χ3n) is 5.06. The van der Waals surface area contributed by atoms with Gasteiger partial charge in [0.05, 0.1) is 0 Å². The molecule has 0 saturated heterocycles. The van der Waals surface area contributed by atoms with E-state index in [2.05, 4.69) is 32.2 Å². The first kappa shape index (κ1) is 15.1. The van der Waals surface area contributed by atoms with Crippen LogP contribution < -0.4 is 11.1 Å². The van der Waals surface area contributed by atoms with E-state index in [1.54, 1.807) is 5.57 Å². The maximum absolute atomic E-state index is 6.09. The molecule has 3 N–H and O–H groups in total. The zero-order valence-electron chi connectivity index (χ0n) is 13.0. The zero-order chi connectivity index (χ0) is 13.8. The first-order chi connectivity index (χ1) is 9.08. The van der Waals surface area contributed by atoms with Crippen LogP contribution in [0.25, 0.3) is 0 Å². The van der Waals surface area contributed by atoms with Crippen molar-refractivity contribution in [3.05, 3.63) is 11.6 Å². The van der Waals surface area contributed by atoms with E-state index in [4.69, 9.17) is 5.73 Å². The molecule has 0 aromatic heterocycles. The summed E-state index contributed by atoms with van der Waals surface area (Å²) in [6, 6.07) is 1.59. The van der Waals surface area contributed by atoms with Gasteiger partial charge in [-0.1, -0.05) is 38.3 Å². The molecule has 0 aromatic carbocycles. The van der Waals surface area contributed by atoms with Gasteiger partial charge in [-0.15, -0.1) is 0 Å². The average molecular weight is 264 g/mol. The Hall–Kier alpha value is -0.340. The number of nitrogens with one attached hydrogen (secondary N) is 1. The second-order valence-electron chi connectivity index (χ2n) is 6.94. The van der Waals surface area contributed by atoms with E-state index in [0.29, 0.717) is 18.1 Å². The van der Waals surface area contributed by atoms with Crippen LogP contribution in [0.1, 0.15) is 65.7 Å². The molecule has 5 unspecified atom stereocenters. The minimum atomic E-state index is 0.418. The summed E-state index contributed by atoms with van der Waals surface area (Å²) in [5.74, 6) is 1.65. The molecular formula is C17H32N2. The summed E-state index contributed by atoms with van der Waals surface area (Å²) >= 11 is 0. The van der Waals surface area contributed by atoms with E-state index in [1.165, 1.54) is 38.5 Å². The van der Waals surface area contributed by atoms with E-state index in [-0.39, 0.29) is 0 Å². The Balaban J connectivity index is 1.89. The van der Waals surface area contributed by atoms with Crippen LogP contribution in [-0.2, 0) is 0 Å². The van der Waals surface area contributed by atoms with E-state index in [1.807, 2.05) is 0 Å². The molecule has 5 atom stereocenters. The number of allylic oxidation sites excluding steroid dienone is 1. The van der Waals surface area contributed by atoms with Crippen molar-refractivity contribution in [2.24, 2.45) is 17.6 Å². The summed E-state index contributed by atoms with van der Waals surface area (Å²) in [5.41, 5.74) is 7.73. The highest BCUT2D eigenvalue weighted by molar-refractivity contribution is 5.15. The lowest BCUT2D eigenvalue weighted by Crippen LogP contribution is -2.44. The molecule has 0 aliphatic heterocycles. The van der Waals surface area contributed by atoms with E-state index >= 15 is 0 Å². The highest BCUT2D eigenvalue weighted by Crippen LogP contribution is 2.32. The smallest absolute Gasteiger partial charge is 0.0253 e. The van der Waals surface area contributed by atoms with Gasteiger partial charge in [0.1, 0.15) is 0 Å². The minimum Gasteiger partial charge on any atom is -0.328 e. The molecular weight excluding hydrogens is 232 g/mol. The van der Waals surface area contributed by atoms with Crippen LogP contribution in [-0.4, -0.2) is 18.1 Å². The Labute approximate surface area is 119 Å². The Morgan fingerprint density at radius 3 is 2.84 bits per heavy atom. The molecule has 0 heterocycles. The second kappa shape index (κ2) is 6.90. The van der Waals surface area contributed by atoms with Gasteiger partial charge in [-0.25, -0.2) is 0 Å². The van der Waals surface area contributed by atoms with Gasteiger partial charge in [0.2, 0.25) is 0 Å². The molecule has 1 saturated carbocycles. The Kier molecular flexibility index (Phi) is 5.47. The van der Waals surface area contributed by atoms with Gasteiger partial charge in [-0.3, -0.25) is 0 Å². The first-order valence-electron chi connectivity index (χ1n) is 8.30. The van der Waals surface area contributed by atoms with Gasteiger partial charge >= 0.3 is 0 Å². The summed E-state index contributed by atoms with van der Waals surface area (Å²) < 4.78 is 0. The number of nitrogens with two attached hydrogens (primary N) is 1. The Morgan fingerprint density at radius 2 is 2.16 bits per heavy atom. The lowest BCUT2D eigenvalue weighted by Gasteiger charge is -2.34. The highest BCUT2D eigenvalue weighted by Gasteiger charge is 2.25. The lowest BCUT2D eigenvalue weighted by molar-refractivity contribution is 0.314. The van der Waals surface area contributed by atoms with Crippen molar-refractivity contribution in [3.8, 4) is 0 Å². The van der Waals surface area contributed by atoms with E-state index in [9.17, 15) is 0 Å². The summed E-state index contributed by atoms with van der Waals surface area (Å²) in [4.78, 5) is 0. The predicted molar refractivity (Wildman–Crippen MR) is 83.1 cm³/mol. The van der Waals surface area contributed by atoms with Crippen LogP contribution in [0, 0.1) is 11.8 Å². The molecule has 2 rings (SSSR count). The van der Waals surface area contributed by atoms with Gasteiger partial charge < -0.3 is 11.1 Å². The van der Waals surface area contributed by atoms with E-state index in [0.717, 1.165) is 18.3 Å². The predicted octanol–water partition coefficient (Wildman–Crippen LogP) is 3.62. The minimum absolute atomic E-state index is 0.418. The second-order valence-corrected chi connectivity index (χ2v) is 6.94. The topological polar surface area (TPSA) is 38.0 Å². The molecule has 0 amide bonds. The molecule has 19 heavy (non-hydrogen) atoms. The zero-order valence-corrected chi connectivity index (χ0v) is 13.0. The lowest BCUT2D eigenvalue weighted by atomic mass is 9.79. The Bertz CT molecular complexity index is 310. The molecule has 0 radical (unpaired) electrons. The summed E-state index contributed by atoms with van der Waals surface area (Å²) in [6.45, 7) is 7.04. The van der Waals surface area contributed by atoms with E-state index < -0.39 is 0 Å². The van der Waals surface area contributed by atoms with Gasteiger partial charge in [0, 0.05) is 18.1 Å². The van der Waals surface area contributed by atoms with Crippen molar-refractivity contribution < 1.29 is 0 Å². The largest absolute Gasteiger partial charge is 0.328 e. The average Bonchev–Trinajstić information content (AvgIpc) is 2.38. The van der Waals surface area contributed by atoms with Gasteiger partial charge in [-0.05, 0) is 50.9 Å². The molecule has 0 bridgehead atoms. The molecule has 1 fully saturated rings. The number of hydrogen-bond donors (Lipinski definition) is 2. The van der Waals surface area contributed by atoms with Crippen LogP contribution in [0.15, 0.2) is 11.6 Å². The third kappa shape index (κ3) is 4.32. The van der Waals surface area contributed by atoms with Crippen LogP contribution in [0.3, 0.4) is 0 Å². The molecule has 2 nitrogen and oxygen atoms in total. The fourth-order valence-electron chi connectivity index (χ4n) is 3.92. The molecule has 110 valence electrons. The van der Waals surface area contributed by atoms with Crippen molar-refractivity contribution in [3.63, 3.8) is 0 Å². The summed E-state index contributed by atoms with van der Waals surface area (Å²) in [7, 11) is 0. The van der Waals surface area contributed by atoms with Gasteiger partial charge in [0.15, 0.2) is 0 Å². The number of rotatable bonds is 4. The van der Waals surface area contributed by atoms with Crippen molar-refractivity contribution >= 4 is 0 Å².